The second kappa shape index (κ2) is 65.3. The number of hydrogen-bond acceptors (Lipinski definition) is 6. The number of ether oxygens (including phenoxy) is 3. The first-order valence-corrected chi connectivity index (χ1v) is 32.5. The monoisotopic (exact) mass is 1080 g/mol. The number of esters is 3. The molecule has 1 unspecified atom stereocenters. The summed E-state index contributed by atoms with van der Waals surface area (Å²) in [6, 6.07) is 0. The van der Waals surface area contributed by atoms with Gasteiger partial charge in [0.05, 0.1) is 0 Å². The lowest BCUT2D eigenvalue weighted by molar-refractivity contribution is -0.167. The Kier molecular flexibility index (Phi) is 61.8. The number of carbonyl (C=O) groups is 3. The van der Waals surface area contributed by atoms with E-state index in [1.165, 1.54) is 135 Å². The van der Waals surface area contributed by atoms with Gasteiger partial charge in [-0.25, -0.2) is 0 Å². The van der Waals surface area contributed by atoms with Crippen molar-refractivity contribution >= 4 is 17.9 Å². The molecule has 0 bridgehead atoms. The Labute approximate surface area is 482 Å². The summed E-state index contributed by atoms with van der Waals surface area (Å²) in [5.41, 5.74) is 0. The molecular formula is C72H120O6. The molecule has 0 aromatic carbocycles. The van der Waals surface area contributed by atoms with E-state index in [1.807, 2.05) is 0 Å². The molecule has 0 radical (unpaired) electrons. The van der Waals surface area contributed by atoms with Crippen LogP contribution >= 0.6 is 0 Å². The third-order valence-electron chi connectivity index (χ3n) is 13.7. The van der Waals surface area contributed by atoms with E-state index < -0.39 is 6.10 Å². The van der Waals surface area contributed by atoms with Crippen LogP contribution in [0.1, 0.15) is 297 Å². The predicted molar refractivity (Wildman–Crippen MR) is 339 cm³/mol. The molecule has 0 aliphatic rings. The maximum absolute atomic E-state index is 12.9. The van der Waals surface area contributed by atoms with Crippen molar-refractivity contribution in [3.63, 3.8) is 0 Å². The number of hydrogen-bond donors (Lipinski definition) is 0. The minimum absolute atomic E-state index is 0.0896. The molecule has 0 amide bonds. The molecule has 0 saturated heterocycles. The van der Waals surface area contributed by atoms with Crippen molar-refractivity contribution in [2.24, 2.45) is 0 Å². The summed E-state index contributed by atoms with van der Waals surface area (Å²) in [6.07, 6.45) is 90.6. The molecule has 444 valence electrons. The molecule has 1 atom stereocenters. The smallest absolute Gasteiger partial charge is 0.306 e. The Morgan fingerprint density at radius 1 is 0.269 bits per heavy atom. The quantitative estimate of drug-likeness (QED) is 0.0261. The van der Waals surface area contributed by atoms with Crippen LogP contribution in [0, 0.1) is 0 Å². The highest BCUT2D eigenvalue weighted by atomic mass is 16.6. The van der Waals surface area contributed by atoms with Crippen LogP contribution in [0.15, 0.2) is 122 Å². The minimum Gasteiger partial charge on any atom is -0.462 e. The lowest BCUT2D eigenvalue weighted by Gasteiger charge is -2.18. The van der Waals surface area contributed by atoms with Gasteiger partial charge < -0.3 is 14.2 Å². The van der Waals surface area contributed by atoms with E-state index in [1.54, 1.807) is 0 Å². The zero-order valence-corrected chi connectivity index (χ0v) is 50.9. The zero-order chi connectivity index (χ0) is 56.4. The highest BCUT2D eigenvalue weighted by Gasteiger charge is 2.19. The van der Waals surface area contributed by atoms with Gasteiger partial charge in [0.25, 0.3) is 0 Å². The predicted octanol–water partition coefficient (Wildman–Crippen LogP) is 22.4. The Hall–Kier alpha value is -4.19. The molecule has 0 aromatic rings. The van der Waals surface area contributed by atoms with E-state index in [9.17, 15) is 14.4 Å². The Bertz CT molecular complexity index is 1620. The Morgan fingerprint density at radius 3 is 0.808 bits per heavy atom. The number of allylic oxidation sites excluding steroid dienone is 20. The molecule has 0 heterocycles. The van der Waals surface area contributed by atoms with Gasteiger partial charge in [0.2, 0.25) is 0 Å². The fourth-order valence-electron chi connectivity index (χ4n) is 8.84. The molecule has 0 aliphatic carbocycles. The Morgan fingerprint density at radius 2 is 0.500 bits per heavy atom. The molecule has 0 spiro atoms. The van der Waals surface area contributed by atoms with E-state index in [2.05, 4.69) is 142 Å². The number of unbranched alkanes of at least 4 members (excludes halogenated alkanes) is 27. The molecule has 6 heteroatoms. The molecule has 0 fully saturated rings. The van der Waals surface area contributed by atoms with Crippen molar-refractivity contribution in [3.05, 3.63) is 122 Å². The van der Waals surface area contributed by atoms with Crippen LogP contribution < -0.4 is 0 Å². The van der Waals surface area contributed by atoms with Gasteiger partial charge in [-0.3, -0.25) is 14.4 Å². The summed E-state index contributed by atoms with van der Waals surface area (Å²) in [5, 5.41) is 0. The van der Waals surface area contributed by atoms with Gasteiger partial charge in [0, 0.05) is 19.3 Å². The lowest BCUT2D eigenvalue weighted by Crippen LogP contribution is -2.30. The second-order valence-electron chi connectivity index (χ2n) is 21.3. The molecule has 78 heavy (non-hydrogen) atoms. The van der Waals surface area contributed by atoms with Crippen molar-refractivity contribution in [1.82, 2.24) is 0 Å². The summed E-state index contributed by atoms with van der Waals surface area (Å²) in [4.78, 5) is 38.3. The van der Waals surface area contributed by atoms with Crippen LogP contribution in [0.2, 0.25) is 0 Å². The number of carbonyl (C=O) groups excluding carboxylic acids is 3. The highest BCUT2D eigenvalue weighted by molar-refractivity contribution is 5.71. The molecule has 0 aliphatic heterocycles. The van der Waals surface area contributed by atoms with E-state index >= 15 is 0 Å². The first-order chi connectivity index (χ1) is 38.5. The van der Waals surface area contributed by atoms with Crippen molar-refractivity contribution in [1.29, 1.82) is 0 Å². The summed E-state index contributed by atoms with van der Waals surface area (Å²) >= 11 is 0. The normalized spacial score (nSPS) is 12.9. The lowest BCUT2D eigenvalue weighted by atomic mass is 10.0. The molecule has 0 rings (SSSR count). The number of rotatable bonds is 58. The standard InChI is InChI=1S/C72H120O6/c1-4-7-10-13-16-19-22-25-27-29-30-31-32-33-34-35-36-37-38-39-40-41-42-44-45-47-50-53-56-59-62-65-71(74)77-68-69(67-76-70(73)64-61-58-55-52-49-24-21-18-15-12-9-6-3)78-72(75)66-63-60-57-54-51-48-46-43-28-26-23-20-17-14-11-8-5-2/h7,10,16,19,25-28,30-31,33-34,36-37,39-40,42,44,47,50,69H,4-6,8-9,11-15,17-18,20-24,29,32,35,38,41,43,45-46,48-49,51-68H2,1-3H3/b10-7-,19-16-,27-25-,28-26-,31-30-,34-33-,37-36-,40-39-,44-42-,50-47-. The molecule has 0 saturated carbocycles. The van der Waals surface area contributed by atoms with Crippen LogP contribution in [-0.4, -0.2) is 37.2 Å². The SMILES string of the molecule is CC/C=C\C/C=C\C/C=C\C/C=C\C/C=C\C/C=C\C/C=C\C/C=C\C/C=C\CCCCCC(=O)OCC(COC(=O)CCCCCCCCCCCCCC)OC(=O)CCCCCCCCC/C=C\CCCCCCCC. The van der Waals surface area contributed by atoms with Gasteiger partial charge in [0.15, 0.2) is 6.10 Å². The highest BCUT2D eigenvalue weighted by Crippen LogP contribution is 2.15. The molecule has 0 N–H and O–H groups in total. The average molecular weight is 1080 g/mol. The van der Waals surface area contributed by atoms with Crippen molar-refractivity contribution in [3.8, 4) is 0 Å². The van der Waals surface area contributed by atoms with Crippen LogP contribution in [0.5, 0.6) is 0 Å². The van der Waals surface area contributed by atoms with Crippen LogP contribution in [0.3, 0.4) is 0 Å². The summed E-state index contributed by atoms with van der Waals surface area (Å²) in [7, 11) is 0. The van der Waals surface area contributed by atoms with E-state index in [0.29, 0.717) is 19.3 Å². The maximum atomic E-state index is 12.9. The van der Waals surface area contributed by atoms with Crippen molar-refractivity contribution in [2.75, 3.05) is 13.2 Å². The fraction of sp³-hybridized carbons (Fsp3) is 0.681. The summed E-state index contributed by atoms with van der Waals surface area (Å²) < 4.78 is 16.9. The zero-order valence-electron chi connectivity index (χ0n) is 50.9. The van der Waals surface area contributed by atoms with E-state index in [0.717, 1.165) is 122 Å². The average Bonchev–Trinajstić information content (AvgIpc) is 3.44. The summed E-state index contributed by atoms with van der Waals surface area (Å²) in [6.45, 7) is 6.50. The van der Waals surface area contributed by atoms with Gasteiger partial charge in [-0.05, 0) is 116 Å². The summed E-state index contributed by atoms with van der Waals surface area (Å²) in [5.74, 6) is -0.923. The third kappa shape index (κ3) is 62.7. The molecular weight excluding hydrogens is 961 g/mol. The van der Waals surface area contributed by atoms with Gasteiger partial charge in [0.1, 0.15) is 13.2 Å². The van der Waals surface area contributed by atoms with E-state index in [4.69, 9.17) is 14.2 Å². The van der Waals surface area contributed by atoms with Crippen molar-refractivity contribution < 1.29 is 28.6 Å². The third-order valence-corrected chi connectivity index (χ3v) is 13.7. The largest absolute Gasteiger partial charge is 0.462 e. The van der Waals surface area contributed by atoms with Gasteiger partial charge in [-0.2, -0.15) is 0 Å². The molecule has 6 nitrogen and oxygen atoms in total. The fourth-order valence-corrected chi connectivity index (χ4v) is 8.84. The minimum atomic E-state index is -0.796. The van der Waals surface area contributed by atoms with Gasteiger partial charge in [-0.1, -0.05) is 284 Å². The second-order valence-corrected chi connectivity index (χ2v) is 21.3. The van der Waals surface area contributed by atoms with Crippen LogP contribution in [0.4, 0.5) is 0 Å². The van der Waals surface area contributed by atoms with Crippen LogP contribution in [-0.2, 0) is 28.6 Å². The first-order valence-electron chi connectivity index (χ1n) is 32.5. The first kappa shape index (κ1) is 73.8. The molecule has 0 aromatic heterocycles. The van der Waals surface area contributed by atoms with Crippen LogP contribution in [0.25, 0.3) is 0 Å². The van der Waals surface area contributed by atoms with Gasteiger partial charge >= 0.3 is 17.9 Å². The van der Waals surface area contributed by atoms with E-state index in [-0.39, 0.29) is 31.1 Å². The topological polar surface area (TPSA) is 78.9 Å². The van der Waals surface area contributed by atoms with Gasteiger partial charge in [-0.15, -0.1) is 0 Å². The van der Waals surface area contributed by atoms with Crippen molar-refractivity contribution in [2.45, 2.75) is 303 Å². The Balaban J connectivity index is 4.36. The maximum Gasteiger partial charge on any atom is 0.306 e.